The van der Waals surface area contributed by atoms with Crippen LogP contribution in [-0.2, 0) is 13.5 Å². The van der Waals surface area contributed by atoms with Crippen LogP contribution in [-0.4, -0.2) is 28.8 Å². The number of aryl methyl sites for hydroxylation is 2. The summed E-state index contributed by atoms with van der Waals surface area (Å²) in [6, 6.07) is 11.5. The van der Waals surface area contributed by atoms with Crippen LogP contribution in [0.25, 0.3) is 0 Å². The molecule has 0 fully saturated rings. The van der Waals surface area contributed by atoms with Gasteiger partial charge in [-0.25, -0.2) is 0 Å². The second-order valence-electron chi connectivity index (χ2n) is 4.93. The van der Waals surface area contributed by atoms with E-state index in [4.69, 9.17) is 5.73 Å². The van der Waals surface area contributed by atoms with Crippen molar-refractivity contribution in [2.75, 3.05) is 18.0 Å². The fourth-order valence-corrected chi connectivity index (χ4v) is 2.24. The number of amides is 1. The second-order valence-corrected chi connectivity index (χ2v) is 4.93. The Morgan fingerprint density at radius 1 is 1.33 bits per heavy atom. The highest BCUT2D eigenvalue weighted by Crippen LogP contribution is 2.17. The third-order valence-electron chi connectivity index (χ3n) is 3.41. The summed E-state index contributed by atoms with van der Waals surface area (Å²) in [5.74, 6) is -0.0376. The Morgan fingerprint density at radius 2 is 2.05 bits per heavy atom. The minimum atomic E-state index is -0.0376. The van der Waals surface area contributed by atoms with Gasteiger partial charge in [0.1, 0.15) is 5.69 Å². The summed E-state index contributed by atoms with van der Waals surface area (Å²) < 4.78 is 1.65. The summed E-state index contributed by atoms with van der Waals surface area (Å²) in [7, 11) is 1.80. The highest BCUT2D eigenvalue weighted by molar-refractivity contribution is 6.05. The molecule has 0 bridgehead atoms. The lowest BCUT2D eigenvalue weighted by molar-refractivity contribution is 0.0978. The van der Waals surface area contributed by atoms with Crippen molar-refractivity contribution in [1.82, 2.24) is 9.78 Å². The lowest BCUT2D eigenvalue weighted by Gasteiger charge is -2.22. The quantitative estimate of drug-likeness (QED) is 0.883. The van der Waals surface area contributed by atoms with E-state index < -0.39 is 0 Å². The van der Waals surface area contributed by atoms with Crippen LogP contribution in [0.15, 0.2) is 36.4 Å². The molecule has 112 valence electrons. The Kier molecular flexibility index (Phi) is 5.11. The van der Waals surface area contributed by atoms with Crippen LogP contribution >= 0.6 is 0 Å². The molecular weight excluding hydrogens is 264 g/mol. The molecule has 5 nitrogen and oxygen atoms in total. The molecule has 0 saturated heterocycles. The summed E-state index contributed by atoms with van der Waals surface area (Å²) in [6.45, 7) is 3.19. The van der Waals surface area contributed by atoms with E-state index >= 15 is 0 Å². The van der Waals surface area contributed by atoms with E-state index in [1.165, 1.54) is 0 Å². The fourth-order valence-electron chi connectivity index (χ4n) is 2.24. The highest BCUT2D eigenvalue weighted by Gasteiger charge is 2.21. The summed E-state index contributed by atoms with van der Waals surface area (Å²) in [5.41, 5.74) is 8.01. The van der Waals surface area contributed by atoms with Crippen molar-refractivity contribution in [1.29, 1.82) is 0 Å². The highest BCUT2D eigenvalue weighted by atomic mass is 16.2. The maximum absolute atomic E-state index is 12.8. The van der Waals surface area contributed by atoms with Crippen LogP contribution in [0.1, 0.15) is 29.5 Å². The smallest absolute Gasteiger partial charge is 0.276 e. The van der Waals surface area contributed by atoms with E-state index in [1.807, 2.05) is 43.3 Å². The zero-order valence-electron chi connectivity index (χ0n) is 12.6. The normalized spacial score (nSPS) is 10.6. The number of para-hydroxylation sites is 1. The number of hydrogen-bond donors (Lipinski definition) is 1. The first-order valence-electron chi connectivity index (χ1n) is 7.27. The molecule has 0 radical (unpaired) electrons. The van der Waals surface area contributed by atoms with Crippen molar-refractivity contribution in [2.24, 2.45) is 12.8 Å². The van der Waals surface area contributed by atoms with Gasteiger partial charge in [0, 0.05) is 19.3 Å². The molecule has 1 amide bonds. The Balaban J connectivity index is 2.31. The van der Waals surface area contributed by atoms with Gasteiger partial charge in [-0.2, -0.15) is 5.10 Å². The molecule has 2 rings (SSSR count). The van der Waals surface area contributed by atoms with E-state index in [0.717, 1.165) is 24.2 Å². The van der Waals surface area contributed by atoms with Crippen molar-refractivity contribution in [3.63, 3.8) is 0 Å². The summed E-state index contributed by atoms with van der Waals surface area (Å²) in [5, 5.41) is 4.35. The maximum Gasteiger partial charge on any atom is 0.276 e. The first-order valence-corrected chi connectivity index (χ1v) is 7.27. The molecule has 0 saturated carbocycles. The second kappa shape index (κ2) is 7.04. The van der Waals surface area contributed by atoms with Crippen molar-refractivity contribution in [3.8, 4) is 0 Å². The van der Waals surface area contributed by atoms with Gasteiger partial charge < -0.3 is 10.6 Å². The zero-order valence-corrected chi connectivity index (χ0v) is 12.6. The van der Waals surface area contributed by atoms with Crippen LogP contribution in [0.2, 0.25) is 0 Å². The average Bonchev–Trinajstić information content (AvgIpc) is 2.89. The Labute approximate surface area is 125 Å². The van der Waals surface area contributed by atoms with E-state index in [0.29, 0.717) is 18.8 Å². The third kappa shape index (κ3) is 3.49. The minimum absolute atomic E-state index is 0.0376. The summed E-state index contributed by atoms with van der Waals surface area (Å²) in [6.07, 6.45) is 1.58. The van der Waals surface area contributed by atoms with E-state index in [2.05, 4.69) is 5.10 Å². The molecule has 0 unspecified atom stereocenters. The van der Waals surface area contributed by atoms with Gasteiger partial charge in [-0.1, -0.05) is 25.1 Å². The number of carbonyl (C=O) groups excluding carboxylic acids is 1. The van der Waals surface area contributed by atoms with Gasteiger partial charge in [0.15, 0.2) is 0 Å². The van der Waals surface area contributed by atoms with Crippen LogP contribution in [0.3, 0.4) is 0 Å². The number of nitrogens with zero attached hydrogens (tertiary/aromatic N) is 3. The molecule has 1 heterocycles. The Hall–Kier alpha value is -2.14. The molecule has 2 N–H and O–H groups in total. The molecule has 1 aromatic heterocycles. The molecule has 0 aliphatic carbocycles. The number of aromatic nitrogens is 2. The number of carbonyl (C=O) groups is 1. The summed E-state index contributed by atoms with van der Waals surface area (Å²) >= 11 is 0. The molecule has 1 aromatic carbocycles. The number of hydrogen-bond acceptors (Lipinski definition) is 3. The lowest BCUT2D eigenvalue weighted by Crippen LogP contribution is -2.34. The minimum Gasteiger partial charge on any atom is -0.330 e. The van der Waals surface area contributed by atoms with Gasteiger partial charge in [0.25, 0.3) is 5.91 Å². The molecule has 0 aliphatic rings. The van der Waals surface area contributed by atoms with Gasteiger partial charge in [-0.15, -0.1) is 0 Å². The molecule has 21 heavy (non-hydrogen) atoms. The molecule has 2 aromatic rings. The molecule has 5 heteroatoms. The Morgan fingerprint density at radius 3 is 2.62 bits per heavy atom. The number of anilines is 1. The molecular formula is C16H22N4O. The predicted molar refractivity (Wildman–Crippen MR) is 84.4 cm³/mol. The van der Waals surface area contributed by atoms with Crippen molar-refractivity contribution in [2.45, 2.75) is 19.8 Å². The molecule has 0 atom stereocenters. The summed E-state index contributed by atoms with van der Waals surface area (Å²) in [4.78, 5) is 14.6. The van der Waals surface area contributed by atoms with Crippen LogP contribution < -0.4 is 10.6 Å². The zero-order chi connectivity index (χ0) is 15.2. The first-order chi connectivity index (χ1) is 10.2. The molecule has 0 aliphatic heterocycles. The third-order valence-corrected chi connectivity index (χ3v) is 3.41. The van der Waals surface area contributed by atoms with Crippen LogP contribution in [0, 0.1) is 0 Å². The van der Waals surface area contributed by atoms with Gasteiger partial charge in [0.05, 0.1) is 5.69 Å². The van der Waals surface area contributed by atoms with Crippen molar-refractivity contribution in [3.05, 3.63) is 47.8 Å². The standard InChI is InChI=1S/C16H22N4O/c1-3-13-12-15(19(2)18-13)16(21)20(11-7-10-17)14-8-5-4-6-9-14/h4-6,8-9,12H,3,7,10-11,17H2,1-2H3. The van der Waals surface area contributed by atoms with E-state index in [1.54, 1.807) is 16.6 Å². The number of rotatable bonds is 6. The van der Waals surface area contributed by atoms with Crippen molar-refractivity contribution < 1.29 is 4.79 Å². The van der Waals surface area contributed by atoms with E-state index in [9.17, 15) is 4.79 Å². The first kappa shape index (κ1) is 15.3. The number of nitrogens with two attached hydrogens (primary N) is 1. The maximum atomic E-state index is 12.8. The van der Waals surface area contributed by atoms with E-state index in [-0.39, 0.29) is 5.91 Å². The van der Waals surface area contributed by atoms with Gasteiger partial charge in [-0.05, 0) is 37.6 Å². The Bertz CT molecular complexity index is 592. The number of benzene rings is 1. The lowest BCUT2D eigenvalue weighted by atomic mass is 10.2. The monoisotopic (exact) mass is 286 g/mol. The van der Waals surface area contributed by atoms with Crippen LogP contribution in [0.4, 0.5) is 5.69 Å². The van der Waals surface area contributed by atoms with Gasteiger partial charge >= 0.3 is 0 Å². The topological polar surface area (TPSA) is 64.2 Å². The van der Waals surface area contributed by atoms with Crippen molar-refractivity contribution >= 4 is 11.6 Å². The van der Waals surface area contributed by atoms with Crippen LogP contribution in [0.5, 0.6) is 0 Å². The predicted octanol–water partition coefficient (Wildman–Crippen LogP) is 1.98. The van der Waals surface area contributed by atoms with Gasteiger partial charge in [0.2, 0.25) is 0 Å². The fraction of sp³-hybridized carbons (Fsp3) is 0.375. The van der Waals surface area contributed by atoms with Gasteiger partial charge in [-0.3, -0.25) is 9.48 Å². The molecule has 0 spiro atoms. The largest absolute Gasteiger partial charge is 0.330 e. The average molecular weight is 286 g/mol. The SMILES string of the molecule is CCc1cc(C(=O)N(CCCN)c2ccccc2)n(C)n1.